The maximum absolute atomic E-state index is 11.0. The molecule has 1 N–H and O–H groups in total. The molecule has 0 radical (unpaired) electrons. The molecule has 0 amide bonds. The van der Waals surface area contributed by atoms with Crippen LogP contribution in [0.3, 0.4) is 0 Å². The summed E-state index contributed by atoms with van der Waals surface area (Å²) in [5, 5.41) is 10.9. The van der Waals surface area contributed by atoms with Gasteiger partial charge < -0.3 is 5.11 Å². The fourth-order valence-electron chi connectivity index (χ4n) is 2.24. The lowest BCUT2D eigenvalue weighted by Gasteiger charge is -2.00. The van der Waals surface area contributed by atoms with Crippen molar-refractivity contribution in [3.63, 3.8) is 0 Å². The smallest absolute Gasteiger partial charge is 0.335 e. The van der Waals surface area contributed by atoms with Crippen LogP contribution in [0.5, 0.6) is 0 Å². The largest absolute Gasteiger partial charge is 0.478 e. The van der Waals surface area contributed by atoms with E-state index in [0.29, 0.717) is 5.56 Å². The highest BCUT2D eigenvalue weighted by Gasteiger charge is 2.03. The van der Waals surface area contributed by atoms with Crippen LogP contribution in [0.4, 0.5) is 0 Å². The Balaban J connectivity index is 1.94. The number of carboxylic acids is 1. The molecule has 3 rings (SSSR count). The van der Waals surface area contributed by atoms with Crippen LogP contribution in [-0.4, -0.2) is 11.1 Å². The molecule has 3 aromatic rings. The second-order valence-corrected chi connectivity index (χ2v) is 5.20. The summed E-state index contributed by atoms with van der Waals surface area (Å²) in [6.07, 6.45) is 0. The molecule has 22 heavy (non-hydrogen) atoms. The van der Waals surface area contributed by atoms with Crippen molar-refractivity contribution in [2.75, 3.05) is 0 Å². The van der Waals surface area contributed by atoms with E-state index in [1.54, 1.807) is 12.1 Å². The molecule has 2 heteroatoms. The lowest BCUT2D eigenvalue weighted by atomic mass is 10.0. The van der Waals surface area contributed by atoms with Crippen LogP contribution in [0, 0.1) is 18.8 Å². The van der Waals surface area contributed by atoms with Crippen LogP contribution in [0.2, 0.25) is 0 Å². The van der Waals surface area contributed by atoms with Crippen LogP contribution in [0.15, 0.2) is 60.7 Å². The topological polar surface area (TPSA) is 37.3 Å². The SMILES string of the molecule is Cc1ccc(C#Cc2ccc3cc(C(=O)O)ccc3c2)cc1. The number of hydrogen-bond acceptors (Lipinski definition) is 1. The molecule has 2 nitrogen and oxygen atoms in total. The Morgan fingerprint density at radius 3 is 2.14 bits per heavy atom. The number of rotatable bonds is 1. The van der Waals surface area contributed by atoms with Crippen molar-refractivity contribution in [1.82, 2.24) is 0 Å². The van der Waals surface area contributed by atoms with E-state index >= 15 is 0 Å². The van der Waals surface area contributed by atoms with Gasteiger partial charge in [-0.25, -0.2) is 4.79 Å². The van der Waals surface area contributed by atoms with Crippen LogP contribution in [0.1, 0.15) is 27.0 Å². The first-order valence-corrected chi connectivity index (χ1v) is 6.98. The van der Waals surface area contributed by atoms with Crippen LogP contribution < -0.4 is 0 Å². The maximum Gasteiger partial charge on any atom is 0.335 e. The fourth-order valence-corrected chi connectivity index (χ4v) is 2.24. The summed E-state index contributed by atoms with van der Waals surface area (Å²) >= 11 is 0. The predicted molar refractivity (Wildman–Crippen MR) is 88.1 cm³/mol. The van der Waals surface area contributed by atoms with Crippen molar-refractivity contribution in [2.24, 2.45) is 0 Å². The van der Waals surface area contributed by atoms with E-state index in [2.05, 4.69) is 11.8 Å². The Morgan fingerprint density at radius 1 is 0.818 bits per heavy atom. The van der Waals surface area contributed by atoms with Gasteiger partial charge in [0.2, 0.25) is 0 Å². The molecule has 106 valence electrons. The normalized spacial score (nSPS) is 10.0. The second-order valence-electron chi connectivity index (χ2n) is 5.20. The highest BCUT2D eigenvalue weighted by molar-refractivity contribution is 5.94. The second kappa shape index (κ2) is 5.75. The molecule has 0 aromatic heterocycles. The van der Waals surface area contributed by atoms with Gasteiger partial charge in [0, 0.05) is 11.1 Å². The van der Waals surface area contributed by atoms with Gasteiger partial charge in [0.25, 0.3) is 0 Å². The number of hydrogen-bond donors (Lipinski definition) is 1. The molecule has 0 atom stereocenters. The Labute approximate surface area is 129 Å². The summed E-state index contributed by atoms with van der Waals surface area (Å²) in [6, 6.07) is 19.0. The first kappa shape index (κ1) is 13.9. The summed E-state index contributed by atoms with van der Waals surface area (Å²) < 4.78 is 0. The van der Waals surface area contributed by atoms with Crippen molar-refractivity contribution < 1.29 is 9.90 Å². The minimum atomic E-state index is -0.912. The van der Waals surface area contributed by atoms with E-state index in [9.17, 15) is 4.79 Å². The Hall–Kier alpha value is -3.05. The molecular weight excluding hydrogens is 272 g/mol. The van der Waals surface area contributed by atoms with Gasteiger partial charge in [-0.05, 0) is 54.1 Å². The van der Waals surface area contributed by atoms with Crippen molar-refractivity contribution in [3.8, 4) is 11.8 Å². The third kappa shape index (κ3) is 2.99. The standard InChI is InChI=1S/C20H14O2/c1-14-2-4-15(5-3-14)6-7-16-8-9-18-13-19(20(21)22)11-10-17(18)12-16/h2-5,8-13H,1H3,(H,21,22). The zero-order chi connectivity index (χ0) is 15.5. The van der Waals surface area contributed by atoms with E-state index in [0.717, 1.165) is 21.9 Å². The monoisotopic (exact) mass is 286 g/mol. The van der Waals surface area contributed by atoms with Gasteiger partial charge in [-0.3, -0.25) is 0 Å². The first-order chi connectivity index (χ1) is 10.6. The molecule has 0 fully saturated rings. The molecule has 0 aliphatic carbocycles. The average molecular weight is 286 g/mol. The van der Waals surface area contributed by atoms with Gasteiger partial charge in [0.1, 0.15) is 0 Å². The van der Waals surface area contributed by atoms with Crippen LogP contribution >= 0.6 is 0 Å². The van der Waals surface area contributed by atoms with Crippen LogP contribution in [-0.2, 0) is 0 Å². The van der Waals surface area contributed by atoms with Crippen molar-refractivity contribution in [1.29, 1.82) is 0 Å². The third-order valence-corrected chi connectivity index (χ3v) is 3.49. The first-order valence-electron chi connectivity index (χ1n) is 6.98. The predicted octanol–water partition coefficient (Wildman–Crippen LogP) is 4.25. The number of carboxylic acid groups (broad SMARTS) is 1. The number of aromatic carboxylic acids is 1. The zero-order valence-corrected chi connectivity index (χ0v) is 12.1. The van der Waals surface area contributed by atoms with Crippen molar-refractivity contribution in [2.45, 2.75) is 6.92 Å². The quantitative estimate of drug-likeness (QED) is 0.679. The molecule has 0 saturated carbocycles. The summed E-state index contributed by atoms with van der Waals surface area (Å²) in [7, 11) is 0. The number of aryl methyl sites for hydroxylation is 1. The molecule has 0 heterocycles. The molecule has 3 aromatic carbocycles. The zero-order valence-electron chi connectivity index (χ0n) is 12.1. The van der Waals surface area contributed by atoms with Gasteiger partial charge >= 0.3 is 5.97 Å². The van der Waals surface area contributed by atoms with Crippen molar-refractivity contribution in [3.05, 3.63) is 82.9 Å². The van der Waals surface area contributed by atoms with Gasteiger partial charge in [-0.15, -0.1) is 0 Å². The van der Waals surface area contributed by atoms with E-state index in [4.69, 9.17) is 5.11 Å². The minimum absolute atomic E-state index is 0.297. The van der Waals surface area contributed by atoms with Gasteiger partial charge in [0.05, 0.1) is 5.56 Å². The van der Waals surface area contributed by atoms with Crippen LogP contribution in [0.25, 0.3) is 10.8 Å². The van der Waals surface area contributed by atoms with Crippen molar-refractivity contribution >= 4 is 16.7 Å². The number of fused-ring (bicyclic) bond motifs is 1. The molecule has 0 saturated heterocycles. The number of carbonyl (C=O) groups is 1. The Morgan fingerprint density at radius 2 is 1.41 bits per heavy atom. The molecule has 0 spiro atoms. The summed E-state index contributed by atoms with van der Waals surface area (Å²) in [4.78, 5) is 11.0. The van der Waals surface area contributed by atoms with Gasteiger partial charge in [-0.2, -0.15) is 0 Å². The van der Waals surface area contributed by atoms with Gasteiger partial charge in [-0.1, -0.05) is 41.7 Å². The third-order valence-electron chi connectivity index (χ3n) is 3.49. The minimum Gasteiger partial charge on any atom is -0.478 e. The molecule has 0 unspecified atom stereocenters. The molecule has 0 aliphatic rings. The average Bonchev–Trinajstić information content (AvgIpc) is 2.53. The summed E-state index contributed by atoms with van der Waals surface area (Å²) in [6.45, 7) is 2.05. The van der Waals surface area contributed by atoms with E-state index in [1.807, 2.05) is 55.5 Å². The number of benzene rings is 3. The Bertz CT molecular complexity index is 910. The molecular formula is C20H14O2. The highest BCUT2D eigenvalue weighted by Crippen LogP contribution is 2.18. The van der Waals surface area contributed by atoms with E-state index in [1.165, 1.54) is 5.56 Å². The van der Waals surface area contributed by atoms with Gasteiger partial charge in [0.15, 0.2) is 0 Å². The van der Waals surface area contributed by atoms with E-state index in [-0.39, 0.29) is 0 Å². The lowest BCUT2D eigenvalue weighted by Crippen LogP contribution is -1.95. The van der Waals surface area contributed by atoms with E-state index < -0.39 is 5.97 Å². The fraction of sp³-hybridized carbons (Fsp3) is 0.0500. The summed E-state index contributed by atoms with van der Waals surface area (Å²) in [5.41, 5.74) is 3.40. The highest BCUT2D eigenvalue weighted by atomic mass is 16.4. The molecule has 0 bridgehead atoms. The summed E-state index contributed by atoms with van der Waals surface area (Å²) in [5.74, 6) is 5.37. The maximum atomic E-state index is 11.0. The lowest BCUT2D eigenvalue weighted by molar-refractivity contribution is 0.0697. The molecule has 0 aliphatic heterocycles. The Kier molecular flexibility index (Phi) is 3.64.